The van der Waals surface area contributed by atoms with E-state index in [2.05, 4.69) is 9.97 Å². The SMILES string of the molecule is CCCN(c1ncnc(N)c1[N+](=O)[O-])C(C)C. The minimum Gasteiger partial charge on any atom is -0.378 e. The van der Waals surface area contributed by atoms with E-state index in [0.29, 0.717) is 12.4 Å². The van der Waals surface area contributed by atoms with Gasteiger partial charge in [0.1, 0.15) is 6.33 Å². The molecule has 0 bridgehead atoms. The number of nitrogens with zero attached hydrogens (tertiary/aromatic N) is 4. The van der Waals surface area contributed by atoms with Crippen LogP contribution in [0.15, 0.2) is 6.33 Å². The van der Waals surface area contributed by atoms with E-state index in [9.17, 15) is 10.1 Å². The average molecular weight is 239 g/mol. The van der Waals surface area contributed by atoms with Crippen molar-refractivity contribution in [3.8, 4) is 0 Å². The van der Waals surface area contributed by atoms with Crippen molar-refractivity contribution in [1.82, 2.24) is 9.97 Å². The predicted octanol–water partition coefficient (Wildman–Crippen LogP) is 1.59. The fraction of sp³-hybridized carbons (Fsp3) is 0.600. The zero-order valence-electron chi connectivity index (χ0n) is 10.3. The summed E-state index contributed by atoms with van der Waals surface area (Å²) >= 11 is 0. The van der Waals surface area contributed by atoms with Gasteiger partial charge in [-0.2, -0.15) is 0 Å². The molecule has 1 heterocycles. The van der Waals surface area contributed by atoms with Gasteiger partial charge in [-0.3, -0.25) is 10.1 Å². The highest BCUT2D eigenvalue weighted by Crippen LogP contribution is 2.30. The number of rotatable bonds is 5. The number of nitrogen functional groups attached to an aromatic ring is 1. The molecule has 0 aromatic carbocycles. The number of aromatic nitrogens is 2. The molecule has 1 rings (SSSR count). The summed E-state index contributed by atoms with van der Waals surface area (Å²) in [5.74, 6) is 0.195. The maximum atomic E-state index is 11.0. The van der Waals surface area contributed by atoms with E-state index in [1.807, 2.05) is 25.7 Å². The van der Waals surface area contributed by atoms with Crippen LogP contribution in [0.2, 0.25) is 0 Å². The third-order valence-corrected chi connectivity index (χ3v) is 2.37. The standard InChI is InChI=1S/C10H17N5O2/c1-4-5-14(7(2)3)10-8(15(16)17)9(11)12-6-13-10/h6-7H,4-5H2,1-3H3,(H2,11,12,13). The highest BCUT2D eigenvalue weighted by Gasteiger charge is 2.26. The molecule has 1 aromatic heterocycles. The van der Waals surface area contributed by atoms with E-state index < -0.39 is 4.92 Å². The highest BCUT2D eigenvalue weighted by molar-refractivity contribution is 5.68. The Morgan fingerprint density at radius 2 is 2.18 bits per heavy atom. The van der Waals surface area contributed by atoms with Crippen LogP contribution in [0.3, 0.4) is 0 Å². The van der Waals surface area contributed by atoms with Crippen LogP contribution in [-0.4, -0.2) is 27.5 Å². The summed E-state index contributed by atoms with van der Waals surface area (Å²) in [5.41, 5.74) is 5.32. The topological polar surface area (TPSA) is 98.2 Å². The Labute approximate surface area is 99.8 Å². The Bertz CT molecular complexity index is 408. The van der Waals surface area contributed by atoms with Crippen molar-refractivity contribution in [1.29, 1.82) is 0 Å². The molecule has 0 aliphatic carbocycles. The van der Waals surface area contributed by atoms with Crippen molar-refractivity contribution in [3.05, 3.63) is 16.4 Å². The van der Waals surface area contributed by atoms with Crippen molar-refractivity contribution >= 4 is 17.3 Å². The van der Waals surface area contributed by atoms with E-state index in [-0.39, 0.29) is 17.5 Å². The maximum absolute atomic E-state index is 11.0. The molecule has 0 saturated heterocycles. The third kappa shape index (κ3) is 2.80. The number of nitrogens with two attached hydrogens (primary N) is 1. The van der Waals surface area contributed by atoms with E-state index >= 15 is 0 Å². The van der Waals surface area contributed by atoms with Crippen molar-refractivity contribution < 1.29 is 4.92 Å². The van der Waals surface area contributed by atoms with Gasteiger partial charge in [0, 0.05) is 12.6 Å². The third-order valence-electron chi connectivity index (χ3n) is 2.37. The lowest BCUT2D eigenvalue weighted by molar-refractivity contribution is -0.383. The molecule has 0 amide bonds. The van der Waals surface area contributed by atoms with Crippen LogP contribution in [0.25, 0.3) is 0 Å². The monoisotopic (exact) mass is 239 g/mol. The van der Waals surface area contributed by atoms with E-state index in [1.165, 1.54) is 6.33 Å². The van der Waals surface area contributed by atoms with Gasteiger partial charge in [-0.25, -0.2) is 9.97 Å². The summed E-state index contributed by atoms with van der Waals surface area (Å²) in [6.45, 7) is 6.61. The van der Waals surface area contributed by atoms with Crippen LogP contribution in [0, 0.1) is 10.1 Å². The summed E-state index contributed by atoms with van der Waals surface area (Å²) in [7, 11) is 0. The molecule has 17 heavy (non-hydrogen) atoms. The van der Waals surface area contributed by atoms with Crippen LogP contribution in [0.4, 0.5) is 17.3 Å². The lowest BCUT2D eigenvalue weighted by Crippen LogP contribution is -2.33. The molecule has 0 radical (unpaired) electrons. The molecule has 0 atom stereocenters. The second kappa shape index (κ2) is 5.42. The van der Waals surface area contributed by atoms with Gasteiger partial charge in [0.2, 0.25) is 11.6 Å². The number of nitro groups is 1. The molecule has 94 valence electrons. The van der Waals surface area contributed by atoms with E-state index in [1.54, 1.807) is 0 Å². The summed E-state index contributed by atoms with van der Waals surface area (Å²) < 4.78 is 0. The number of hydrogen-bond donors (Lipinski definition) is 1. The average Bonchev–Trinajstić information content (AvgIpc) is 2.24. The summed E-state index contributed by atoms with van der Waals surface area (Å²) in [6, 6.07) is 0.114. The summed E-state index contributed by atoms with van der Waals surface area (Å²) in [4.78, 5) is 20.0. The Hall–Kier alpha value is -1.92. The van der Waals surface area contributed by atoms with Gasteiger partial charge in [0.05, 0.1) is 4.92 Å². The second-order valence-corrected chi connectivity index (χ2v) is 3.98. The highest BCUT2D eigenvalue weighted by atomic mass is 16.6. The second-order valence-electron chi connectivity index (χ2n) is 3.98. The maximum Gasteiger partial charge on any atom is 0.353 e. The first-order chi connectivity index (χ1) is 7.99. The fourth-order valence-corrected chi connectivity index (χ4v) is 1.62. The van der Waals surface area contributed by atoms with Crippen LogP contribution >= 0.6 is 0 Å². The minimum absolute atomic E-state index is 0.0956. The molecule has 1 aromatic rings. The quantitative estimate of drug-likeness (QED) is 0.618. The zero-order valence-corrected chi connectivity index (χ0v) is 10.3. The normalized spacial score (nSPS) is 10.6. The largest absolute Gasteiger partial charge is 0.378 e. The molecule has 7 heteroatoms. The molecule has 0 saturated carbocycles. The number of hydrogen-bond acceptors (Lipinski definition) is 6. The first kappa shape index (κ1) is 13.1. The summed E-state index contributed by atoms with van der Waals surface area (Å²) in [5, 5.41) is 11.0. The van der Waals surface area contributed by atoms with Gasteiger partial charge < -0.3 is 10.6 Å². The van der Waals surface area contributed by atoms with E-state index in [0.717, 1.165) is 6.42 Å². The van der Waals surface area contributed by atoms with Crippen molar-refractivity contribution in [3.63, 3.8) is 0 Å². The first-order valence-electron chi connectivity index (χ1n) is 5.50. The lowest BCUT2D eigenvalue weighted by Gasteiger charge is -2.26. The molecule has 0 aliphatic heterocycles. The summed E-state index contributed by atoms with van der Waals surface area (Å²) in [6.07, 6.45) is 2.13. The zero-order chi connectivity index (χ0) is 13.0. The molecule has 7 nitrogen and oxygen atoms in total. The van der Waals surface area contributed by atoms with Crippen molar-refractivity contribution in [2.24, 2.45) is 0 Å². The van der Waals surface area contributed by atoms with Crippen LogP contribution in [0.5, 0.6) is 0 Å². The van der Waals surface area contributed by atoms with Crippen LogP contribution in [0.1, 0.15) is 27.2 Å². The van der Waals surface area contributed by atoms with Gasteiger partial charge in [-0.05, 0) is 20.3 Å². The van der Waals surface area contributed by atoms with Gasteiger partial charge in [0.15, 0.2) is 0 Å². The Balaban J connectivity index is 3.27. The smallest absolute Gasteiger partial charge is 0.353 e. The van der Waals surface area contributed by atoms with Crippen molar-refractivity contribution in [2.45, 2.75) is 33.2 Å². The van der Waals surface area contributed by atoms with Crippen LogP contribution < -0.4 is 10.6 Å². The molecular weight excluding hydrogens is 222 g/mol. The first-order valence-corrected chi connectivity index (χ1v) is 5.50. The van der Waals surface area contributed by atoms with Crippen molar-refractivity contribution in [2.75, 3.05) is 17.2 Å². The predicted molar refractivity (Wildman–Crippen MR) is 65.9 cm³/mol. The molecule has 2 N–H and O–H groups in total. The Morgan fingerprint density at radius 1 is 1.53 bits per heavy atom. The Morgan fingerprint density at radius 3 is 2.65 bits per heavy atom. The lowest BCUT2D eigenvalue weighted by atomic mass is 10.2. The van der Waals surface area contributed by atoms with Crippen LogP contribution in [-0.2, 0) is 0 Å². The van der Waals surface area contributed by atoms with Gasteiger partial charge in [-0.1, -0.05) is 6.92 Å². The van der Waals surface area contributed by atoms with Gasteiger partial charge >= 0.3 is 5.69 Å². The van der Waals surface area contributed by atoms with Gasteiger partial charge in [0.25, 0.3) is 0 Å². The Kier molecular flexibility index (Phi) is 4.19. The molecule has 0 aliphatic rings. The number of anilines is 2. The molecular formula is C10H17N5O2. The minimum atomic E-state index is -0.532. The van der Waals surface area contributed by atoms with Gasteiger partial charge in [-0.15, -0.1) is 0 Å². The fourth-order valence-electron chi connectivity index (χ4n) is 1.62. The molecule has 0 fully saturated rings. The molecule has 0 spiro atoms. The van der Waals surface area contributed by atoms with E-state index in [4.69, 9.17) is 5.73 Å². The molecule has 0 unspecified atom stereocenters.